The second-order valence-corrected chi connectivity index (χ2v) is 5.06. The van der Waals surface area contributed by atoms with Crippen molar-refractivity contribution in [3.8, 4) is 11.5 Å². The molecule has 1 aromatic heterocycles. The van der Waals surface area contributed by atoms with Gasteiger partial charge in [-0.25, -0.2) is 9.97 Å². The van der Waals surface area contributed by atoms with Gasteiger partial charge in [0, 0.05) is 38.2 Å². The van der Waals surface area contributed by atoms with E-state index in [1.165, 1.54) is 6.20 Å². The lowest BCUT2D eigenvalue weighted by atomic mass is 10.3. The molecule has 0 fully saturated rings. The number of carbonyl (C=O) groups is 1. The summed E-state index contributed by atoms with van der Waals surface area (Å²) in [5.74, 6) is 1.44. The summed E-state index contributed by atoms with van der Waals surface area (Å²) < 4.78 is 15.5. The van der Waals surface area contributed by atoms with E-state index in [-0.39, 0.29) is 12.7 Å². The van der Waals surface area contributed by atoms with Crippen LogP contribution < -0.4 is 20.1 Å². The Bertz CT molecular complexity index is 723. The summed E-state index contributed by atoms with van der Waals surface area (Å²) >= 11 is 0. The predicted octanol–water partition coefficient (Wildman–Crippen LogP) is 1.72. The van der Waals surface area contributed by atoms with E-state index in [0.29, 0.717) is 36.3 Å². The minimum atomic E-state index is -0.248. The van der Waals surface area contributed by atoms with Crippen molar-refractivity contribution in [2.45, 2.75) is 6.42 Å². The molecule has 0 saturated heterocycles. The Kier molecular flexibility index (Phi) is 5.07. The lowest BCUT2D eigenvalue weighted by Crippen LogP contribution is -2.26. The minimum absolute atomic E-state index is 0.216. The van der Waals surface area contributed by atoms with Gasteiger partial charge in [-0.15, -0.1) is 0 Å². The SMILES string of the molecule is COCCCNC(=O)c1ccnc(Nc2ccc3c(c2)OCO3)n1. The molecule has 2 heterocycles. The quantitative estimate of drug-likeness (QED) is 0.746. The number of rotatable bonds is 7. The topological polar surface area (TPSA) is 94.6 Å². The third-order valence-corrected chi connectivity index (χ3v) is 3.33. The first-order chi connectivity index (χ1) is 11.8. The smallest absolute Gasteiger partial charge is 0.270 e. The lowest BCUT2D eigenvalue weighted by Gasteiger charge is -2.08. The second kappa shape index (κ2) is 7.60. The van der Waals surface area contributed by atoms with Crippen LogP contribution in [0.25, 0.3) is 0 Å². The van der Waals surface area contributed by atoms with Gasteiger partial charge in [0.15, 0.2) is 11.5 Å². The highest BCUT2D eigenvalue weighted by atomic mass is 16.7. The highest BCUT2D eigenvalue weighted by Gasteiger charge is 2.14. The molecule has 1 aliphatic heterocycles. The number of aromatic nitrogens is 2. The molecule has 8 nitrogen and oxygen atoms in total. The van der Waals surface area contributed by atoms with Gasteiger partial charge in [-0.1, -0.05) is 0 Å². The van der Waals surface area contributed by atoms with Crippen LogP contribution in [0, 0.1) is 0 Å². The number of nitrogens with one attached hydrogen (secondary N) is 2. The number of benzene rings is 1. The molecule has 0 unspecified atom stereocenters. The first-order valence-electron chi connectivity index (χ1n) is 7.53. The number of fused-ring (bicyclic) bond motifs is 1. The molecule has 126 valence electrons. The van der Waals surface area contributed by atoms with Crippen molar-refractivity contribution in [2.75, 3.05) is 32.4 Å². The van der Waals surface area contributed by atoms with Crippen LogP contribution in [-0.2, 0) is 4.74 Å². The average Bonchev–Trinajstić information content (AvgIpc) is 3.06. The van der Waals surface area contributed by atoms with Gasteiger partial charge in [0.1, 0.15) is 5.69 Å². The van der Waals surface area contributed by atoms with Crippen LogP contribution in [0.1, 0.15) is 16.9 Å². The third-order valence-electron chi connectivity index (χ3n) is 3.33. The number of amides is 1. The Morgan fingerprint density at radius 1 is 1.29 bits per heavy atom. The maximum atomic E-state index is 12.1. The molecule has 0 bridgehead atoms. The van der Waals surface area contributed by atoms with E-state index in [0.717, 1.165) is 12.1 Å². The number of ether oxygens (including phenoxy) is 3. The first-order valence-corrected chi connectivity index (χ1v) is 7.53. The van der Waals surface area contributed by atoms with E-state index in [1.54, 1.807) is 25.3 Å². The number of hydrogen-bond acceptors (Lipinski definition) is 7. The number of anilines is 2. The van der Waals surface area contributed by atoms with Crippen molar-refractivity contribution in [1.29, 1.82) is 0 Å². The van der Waals surface area contributed by atoms with Crippen molar-refractivity contribution in [2.24, 2.45) is 0 Å². The molecule has 0 atom stereocenters. The monoisotopic (exact) mass is 330 g/mol. The van der Waals surface area contributed by atoms with Gasteiger partial charge in [-0.05, 0) is 24.6 Å². The molecule has 2 aromatic rings. The van der Waals surface area contributed by atoms with Crippen LogP contribution in [-0.4, -0.2) is 42.9 Å². The normalized spacial score (nSPS) is 12.0. The summed E-state index contributed by atoms with van der Waals surface area (Å²) in [6, 6.07) is 6.99. The first kappa shape index (κ1) is 16.0. The van der Waals surface area contributed by atoms with Crippen molar-refractivity contribution in [3.63, 3.8) is 0 Å². The number of carbonyl (C=O) groups excluding carboxylic acids is 1. The van der Waals surface area contributed by atoms with Crippen molar-refractivity contribution < 1.29 is 19.0 Å². The van der Waals surface area contributed by atoms with Crippen LogP contribution in [0.3, 0.4) is 0 Å². The molecule has 0 aliphatic carbocycles. The zero-order valence-electron chi connectivity index (χ0n) is 13.2. The van der Waals surface area contributed by atoms with Crippen molar-refractivity contribution in [3.05, 3.63) is 36.2 Å². The molecule has 24 heavy (non-hydrogen) atoms. The zero-order chi connectivity index (χ0) is 16.8. The van der Waals surface area contributed by atoms with E-state index in [4.69, 9.17) is 14.2 Å². The summed E-state index contributed by atoms with van der Waals surface area (Å²) in [6.07, 6.45) is 2.28. The molecular weight excluding hydrogens is 312 g/mol. The van der Waals surface area contributed by atoms with Crippen LogP contribution in [0.5, 0.6) is 11.5 Å². The minimum Gasteiger partial charge on any atom is -0.454 e. The number of methoxy groups -OCH3 is 1. The maximum absolute atomic E-state index is 12.1. The Morgan fingerprint density at radius 3 is 3.04 bits per heavy atom. The molecule has 0 saturated carbocycles. The molecule has 1 aliphatic rings. The van der Waals surface area contributed by atoms with E-state index >= 15 is 0 Å². The van der Waals surface area contributed by atoms with Gasteiger partial charge in [-0.2, -0.15) is 0 Å². The van der Waals surface area contributed by atoms with E-state index < -0.39 is 0 Å². The average molecular weight is 330 g/mol. The van der Waals surface area contributed by atoms with E-state index in [1.807, 2.05) is 6.07 Å². The van der Waals surface area contributed by atoms with Gasteiger partial charge < -0.3 is 24.8 Å². The molecule has 3 rings (SSSR count). The number of hydrogen-bond donors (Lipinski definition) is 2. The van der Waals surface area contributed by atoms with Crippen LogP contribution >= 0.6 is 0 Å². The van der Waals surface area contributed by atoms with Gasteiger partial charge in [0.05, 0.1) is 0 Å². The van der Waals surface area contributed by atoms with Crippen molar-refractivity contribution >= 4 is 17.5 Å². The maximum Gasteiger partial charge on any atom is 0.270 e. The van der Waals surface area contributed by atoms with Gasteiger partial charge in [-0.3, -0.25) is 4.79 Å². The largest absolute Gasteiger partial charge is 0.454 e. The predicted molar refractivity (Wildman–Crippen MR) is 86.7 cm³/mol. The Labute approximate surface area is 139 Å². The molecule has 2 N–H and O–H groups in total. The fourth-order valence-electron chi connectivity index (χ4n) is 2.16. The third kappa shape index (κ3) is 3.90. The molecule has 0 radical (unpaired) electrons. The fraction of sp³-hybridized carbons (Fsp3) is 0.312. The zero-order valence-corrected chi connectivity index (χ0v) is 13.2. The molecule has 1 amide bonds. The van der Waals surface area contributed by atoms with E-state index in [2.05, 4.69) is 20.6 Å². The van der Waals surface area contributed by atoms with Crippen molar-refractivity contribution in [1.82, 2.24) is 15.3 Å². The second-order valence-electron chi connectivity index (χ2n) is 5.06. The molecule has 8 heteroatoms. The Morgan fingerprint density at radius 2 is 2.17 bits per heavy atom. The van der Waals surface area contributed by atoms with E-state index in [9.17, 15) is 4.79 Å². The summed E-state index contributed by atoms with van der Waals surface area (Å²) in [6.45, 7) is 1.34. The highest BCUT2D eigenvalue weighted by molar-refractivity contribution is 5.92. The Balaban J connectivity index is 1.63. The lowest BCUT2D eigenvalue weighted by molar-refractivity contribution is 0.0943. The summed E-state index contributed by atoms with van der Waals surface area (Å²) in [4.78, 5) is 20.4. The van der Waals surface area contributed by atoms with Crippen LogP contribution in [0.2, 0.25) is 0 Å². The number of nitrogens with zero attached hydrogens (tertiary/aromatic N) is 2. The van der Waals surface area contributed by atoms with Gasteiger partial charge >= 0.3 is 0 Å². The highest BCUT2D eigenvalue weighted by Crippen LogP contribution is 2.34. The fourth-order valence-corrected chi connectivity index (χ4v) is 2.16. The van der Waals surface area contributed by atoms with Gasteiger partial charge in [0.25, 0.3) is 5.91 Å². The van der Waals surface area contributed by atoms with Crippen LogP contribution in [0.4, 0.5) is 11.6 Å². The van der Waals surface area contributed by atoms with Crippen LogP contribution in [0.15, 0.2) is 30.5 Å². The molecular formula is C16H18N4O4. The summed E-state index contributed by atoms with van der Waals surface area (Å²) in [7, 11) is 1.63. The standard InChI is InChI=1S/C16H18N4O4/c1-22-8-2-6-17-15(21)12-5-7-18-16(20-12)19-11-3-4-13-14(9-11)24-10-23-13/h3-5,7,9H,2,6,8,10H2,1H3,(H,17,21)(H,18,19,20). The molecule has 1 aromatic carbocycles. The molecule has 0 spiro atoms. The Hall–Kier alpha value is -2.87. The summed E-state index contributed by atoms with van der Waals surface area (Å²) in [5, 5.41) is 5.83. The summed E-state index contributed by atoms with van der Waals surface area (Å²) in [5.41, 5.74) is 1.04. The van der Waals surface area contributed by atoms with Gasteiger partial charge in [0.2, 0.25) is 12.7 Å².